The largest absolute Gasteiger partial charge is 0.364 e. The number of carbonyl (C=O) groups excluding carboxylic acids is 1. The molecule has 0 heterocycles. The number of carbonyl (C=O) groups is 1. The van der Waals surface area contributed by atoms with Crippen molar-refractivity contribution in [1.29, 1.82) is 0 Å². The molecule has 0 aliphatic rings. The molecule has 0 atom stereocenters. The topological polar surface area (TPSA) is 64.8 Å². The van der Waals surface area contributed by atoms with Crippen LogP contribution in [0.25, 0.3) is 0 Å². The molecule has 2 N–H and O–H groups in total. The maximum absolute atomic E-state index is 10.9. The highest BCUT2D eigenvalue weighted by molar-refractivity contribution is 5.77. The van der Waals surface area contributed by atoms with E-state index in [1.165, 1.54) is 19.1 Å². The van der Waals surface area contributed by atoms with Crippen molar-refractivity contribution in [3.63, 3.8) is 0 Å². The molecule has 0 saturated carbocycles. The van der Waals surface area contributed by atoms with Crippen molar-refractivity contribution in [2.45, 2.75) is 0 Å². The molecule has 0 aromatic heterocycles. The molecule has 0 radical (unpaired) electrons. The number of nitrogens with two attached hydrogens (primary N) is 1. The van der Waals surface area contributed by atoms with Gasteiger partial charge in [-0.25, -0.2) is 0 Å². The average Bonchev–Trinajstić information content (AvgIpc) is 2.03. The Balaban J connectivity index is 3.76. The average molecular weight is 162 g/mol. The van der Waals surface area contributed by atoms with Crippen LogP contribution in [0, 0.1) is 0 Å². The summed E-state index contributed by atoms with van der Waals surface area (Å²) in [7, 11) is 3.01. The lowest BCUT2D eigenvalue weighted by Gasteiger charge is -2.19. The van der Waals surface area contributed by atoms with E-state index in [1.54, 1.807) is 0 Å². The summed E-state index contributed by atoms with van der Waals surface area (Å²) in [6.07, 6.45) is 0. The van der Waals surface area contributed by atoms with Crippen molar-refractivity contribution >= 4 is 5.91 Å². The summed E-state index contributed by atoms with van der Waals surface area (Å²) in [5, 5.41) is 0. The van der Waals surface area contributed by atoms with Crippen LogP contribution in [0.15, 0.2) is 0 Å². The molecule has 5 nitrogen and oxygen atoms in total. The molecule has 66 valence electrons. The van der Waals surface area contributed by atoms with E-state index in [9.17, 15) is 4.79 Å². The second-order valence-electron chi connectivity index (χ2n) is 1.97. The quantitative estimate of drug-likeness (QED) is 0.526. The Morgan fingerprint density at radius 1 is 1.36 bits per heavy atom. The summed E-state index contributed by atoms with van der Waals surface area (Å²) >= 11 is 0. The number of ether oxygens (including phenoxy) is 2. The van der Waals surface area contributed by atoms with Gasteiger partial charge in [0.15, 0.2) is 0 Å². The van der Waals surface area contributed by atoms with E-state index in [4.69, 9.17) is 15.2 Å². The van der Waals surface area contributed by atoms with Crippen LogP contribution < -0.4 is 5.73 Å². The van der Waals surface area contributed by atoms with Gasteiger partial charge >= 0.3 is 0 Å². The third-order valence-corrected chi connectivity index (χ3v) is 1.10. The van der Waals surface area contributed by atoms with E-state index in [2.05, 4.69) is 0 Å². The summed E-state index contributed by atoms with van der Waals surface area (Å²) < 4.78 is 9.50. The second kappa shape index (κ2) is 6.09. The molecule has 0 aromatic rings. The van der Waals surface area contributed by atoms with E-state index in [0.717, 1.165) is 0 Å². The Kier molecular flexibility index (Phi) is 5.73. The van der Waals surface area contributed by atoms with Crippen LogP contribution in [-0.4, -0.2) is 45.0 Å². The van der Waals surface area contributed by atoms with Gasteiger partial charge in [0.1, 0.15) is 13.5 Å². The molecule has 0 spiro atoms. The van der Waals surface area contributed by atoms with Crippen LogP contribution in [0.2, 0.25) is 0 Å². The van der Waals surface area contributed by atoms with E-state index < -0.39 is 0 Å². The highest BCUT2D eigenvalue weighted by Crippen LogP contribution is 1.88. The van der Waals surface area contributed by atoms with E-state index in [0.29, 0.717) is 0 Å². The zero-order valence-corrected chi connectivity index (χ0v) is 6.87. The minimum atomic E-state index is -0.186. The van der Waals surface area contributed by atoms with E-state index >= 15 is 0 Å². The number of methoxy groups -OCH3 is 2. The smallest absolute Gasteiger partial charge is 0.239 e. The SMILES string of the molecule is COCN(COC)C(=O)CN. The summed E-state index contributed by atoms with van der Waals surface area (Å²) in [5.74, 6) is -0.186. The fraction of sp³-hybridized carbons (Fsp3) is 0.833. The third kappa shape index (κ3) is 3.92. The fourth-order valence-electron chi connectivity index (χ4n) is 0.622. The van der Waals surface area contributed by atoms with Crippen molar-refractivity contribution in [3.05, 3.63) is 0 Å². The van der Waals surface area contributed by atoms with Gasteiger partial charge in [0.05, 0.1) is 6.54 Å². The van der Waals surface area contributed by atoms with E-state index in [1.807, 2.05) is 0 Å². The first-order valence-electron chi connectivity index (χ1n) is 3.22. The molecule has 0 bridgehead atoms. The lowest BCUT2D eigenvalue weighted by molar-refractivity contribution is -0.140. The van der Waals surface area contributed by atoms with Gasteiger partial charge in [-0.15, -0.1) is 0 Å². The summed E-state index contributed by atoms with van der Waals surface area (Å²) in [4.78, 5) is 12.3. The third-order valence-electron chi connectivity index (χ3n) is 1.10. The highest BCUT2D eigenvalue weighted by atomic mass is 16.5. The molecule has 0 rings (SSSR count). The van der Waals surface area contributed by atoms with Gasteiger partial charge in [-0.2, -0.15) is 0 Å². The zero-order chi connectivity index (χ0) is 8.69. The number of amides is 1. The molecule has 0 aliphatic carbocycles. The van der Waals surface area contributed by atoms with Gasteiger partial charge in [-0.1, -0.05) is 0 Å². The van der Waals surface area contributed by atoms with Gasteiger partial charge in [0.2, 0.25) is 5.91 Å². The van der Waals surface area contributed by atoms with Crippen LogP contribution in [0.1, 0.15) is 0 Å². The van der Waals surface area contributed by atoms with Crippen LogP contribution >= 0.6 is 0 Å². The number of rotatable bonds is 5. The van der Waals surface area contributed by atoms with Crippen molar-refractivity contribution in [1.82, 2.24) is 4.90 Å². The summed E-state index contributed by atoms with van der Waals surface area (Å²) in [6.45, 7) is 0.403. The van der Waals surface area contributed by atoms with Gasteiger partial charge in [-0.05, 0) is 0 Å². The molecule has 5 heteroatoms. The molecule has 0 unspecified atom stereocenters. The molecular weight excluding hydrogens is 148 g/mol. The molecule has 11 heavy (non-hydrogen) atoms. The lowest BCUT2D eigenvalue weighted by Crippen LogP contribution is -2.38. The molecule has 0 fully saturated rings. The number of hydrogen-bond acceptors (Lipinski definition) is 4. The summed E-state index contributed by atoms with van der Waals surface area (Å²) in [6, 6.07) is 0. The van der Waals surface area contributed by atoms with Crippen LogP contribution in [0.3, 0.4) is 0 Å². The summed E-state index contributed by atoms with van der Waals surface area (Å²) in [5.41, 5.74) is 5.13. The molecule has 0 aromatic carbocycles. The zero-order valence-electron chi connectivity index (χ0n) is 6.87. The van der Waals surface area contributed by atoms with Gasteiger partial charge in [-0.3, -0.25) is 9.69 Å². The van der Waals surface area contributed by atoms with Crippen molar-refractivity contribution in [2.75, 3.05) is 34.2 Å². The predicted octanol–water partition coefficient (Wildman–Crippen LogP) is -1.02. The number of hydrogen-bond donors (Lipinski definition) is 1. The van der Waals surface area contributed by atoms with Gasteiger partial charge in [0, 0.05) is 14.2 Å². The Hall–Kier alpha value is -0.650. The monoisotopic (exact) mass is 162 g/mol. The van der Waals surface area contributed by atoms with Crippen LogP contribution in [-0.2, 0) is 14.3 Å². The lowest BCUT2D eigenvalue weighted by atomic mass is 10.5. The fourth-order valence-corrected chi connectivity index (χ4v) is 0.622. The maximum atomic E-state index is 10.9. The van der Waals surface area contributed by atoms with Crippen molar-refractivity contribution < 1.29 is 14.3 Å². The Labute approximate surface area is 66.1 Å². The Morgan fingerprint density at radius 2 is 1.82 bits per heavy atom. The highest BCUT2D eigenvalue weighted by Gasteiger charge is 2.09. The van der Waals surface area contributed by atoms with Crippen molar-refractivity contribution in [3.8, 4) is 0 Å². The first-order chi connectivity index (χ1) is 5.26. The van der Waals surface area contributed by atoms with E-state index in [-0.39, 0.29) is 25.9 Å². The second-order valence-corrected chi connectivity index (χ2v) is 1.97. The predicted molar refractivity (Wildman–Crippen MR) is 39.7 cm³/mol. The number of nitrogens with zero attached hydrogens (tertiary/aromatic N) is 1. The standard InChI is InChI=1S/C6H14N2O3/c1-10-4-8(5-11-2)6(9)3-7/h3-5,7H2,1-2H3. The normalized spacial score (nSPS) is 9.73. The van der Waals surface area contributed by atoms with Gasteiger partial charge < -0.3 is 15.2 Å². The minimum Gasteiger partial charge on any atom is -0.364 e. The van der Waals surface area contributed by atoms with Crippen LogP contribution in [0.4, 0.5) is 0 Å². The van der Waals surface area contributed by atoms with Crippen molar-refractivity contribution in [2.24, 2.45) is 5.73 Å². The maximum Gasteiger partial charge on any atom is 0.239 e. The molecule has 1 amide bonds. The van der Waals surface area contributed by atoms with Crippen LogP contribution in [0.5, 0.6) is 0 Å². The minimum absolute atomic E-state index is 0.0211. The van der Waals surface area contributed by atoms with Gasteiger partial charge in [0.25, 0.3) is 0 Å². The molecular formula is C6H14N2O3. The molecule has 0 aliphatic heterocycles. The first-order valence-corrected chi connectivity index (χ1v) is 3.22. The Bertz CT molecular complexity index is 112. The first kappa shape index (κ1) is 10.3. The molecule has 0 saturated heterocycles. The Morgan fingerprint density at radius 3 is 2.09 bits per heavy atom.